The average Bonchev–Trinajstić information content (AvgIpc) is 2.63. The molecule has 0 aromatic heterocycles. The first kappa shape index (κ1) is 19.3. The van der Waals surface area contributed by atoms with Gasteiger partial charge in [-0.1, -0.05) is 36.4 Å². The van der Waals surface area contributed by atoms with Crippen molar-refractivity contribution in [3.05, 3.63) is 65.7 Å². The van der Waals surface area contributed by atoms with Crippen LogP contribution in [0.25, 0.3) is 0 Å². The molecule has 134 valence electrons. The number of anilines is 1. The number of carbonyl (C=O) groups is 1. The van der Waals surface area contributed by atoms with Gasteiger partial charge in [0.25, 0.3) is 5.91 Å². The number of halogens is 1. The minimum atomic E-state index is 0. The Bertz CT molecular complexity index is 670. The van der Waals surface area contributed by atoms with Gasteiger partial charge >= 0.3 is 0 Å². The first-order valence-corrected chi connectivity index (χ1v) is 8.53. The van der Waals surface area contributed by atoms with E-state index in [4.69, 9.17) is 10.5 Å². The second-order valence-corrected chi connectivity index (χ2v) is 6.22. The lowest BCUT2D eigenvalue weighted by Gasteiger charge is -2.32. The first-order valence-electron chi connectivity index (χ1n) is 8.53. The predicted octanol–water partition coefficient (Wildman–Crippen LogP) is 3.55. The number of ether oxygens (including phenoxy) is 1. The summed E-state index contributed by atoms with van der Waals surface area (Å²) in [6.45, 7) is 2.21. The van der Waals surface area contributed by atoms with Gasteiger partial charge in [-0.05, 0) is 43.0 Å². The lowest BCUT2D eigenvalue weighted by Crippen LogP contribution is -2.41. The minimum absolute atomic E-state index is 0. The zero-order valence-corrected chi connectivity index (χ0v) is 15.1. The molecule has 0 atom stereocenters. The molecule has 2 N–H and O–H groups in total. The summed E-state index contributed by atoms with van der Waals surface area (Å²) in [6, 6.07) is 17.5. The van der Waals surface area contributed by atoms with E-state index in [9.17, 15) is 4.79 Å². The lowest BCUT2D eigenvalue weighted by atomic mass is 10.1. The fraction of sp³-hybridized carbons (Fsp3) is 0.350. The van der Waals surface area contributed by atoms with Gasteiger partial charge in [-0.2, -0.15) is 0 Å². The second-order valence-electron chi connectivity index (χ2n) is 6.22. The standard InChI is InChI=1S/C20H24N2O2.ClH/c21-18-8-4-7-17(15-18)20(23)22-12-9-19(10-13-22)24-14-11-16-5-2-1-3-6-16;/h1-8,15,19H,9-14,21H2;1H. The Morgan fingerprint density at radius 3 is 2.48 bits per heavy atom. The summed E-state index contributed by atoms with van der Waals surface area (Å²) in [4.78, 5) is 14.4. The number of benzene rings is 2. The molecule has 1 heterocycles. The van der Waals surface area contributed by atoms with Crippen LogP contribution in [0.5, 0.6) is 0 Å². The molecule has 25 heavy (non-hydrogen) atoms. The van der Waals surface area contributed by atoms with Crippen LogP contribution in [0.1, 0.15) is 28.8 Å². The van der Waals surface area contributed by atoms with Crippen LogP contribution in [0.2, 0.25) is 0 Å². The number of nitrogens with two attached hydrogens (primary N) is 1. The van der Waals surface area contributed by atoms with Crippen molar-refractivity contribution in [2.75, 3.05) is 25.4 Å². The van der Waals surface area contributed by atoms with Crippen molar-refractivity contribution < 1.29 is 9.53 Å². The molecule has 2 aromatic carbocycles. The maximum atomic E-state index is 12.5. The van der Waals surface area contributed by atoms with E-state index in [-0.39, 0.29) is 24.4 Å². The SMILES string of the molecule is Cl.Nc1cccc(C(=O)N2CCC(OCCc3ccccc3)CC2)c1. The third-order valence-electron chi connectivity index (χ3n) is 4.45. The summed E-state index contributed by atoms with van der Waals surface area (Å²) in [6.07, 6.45) is 2.97. The van der Waals surface area contributed by atoms with Crippen molar-refractivity contribution >= 4 is 24.0 Å². The Kier molecular flexibility index (Phi) is 7.29. The number of likely N-dealkylation sites (tertiary alicyclic amines) is 1. The van der Waals surface area contributed by atoms with Gasteiger partial charge in [-0.15, -0.1) is 12.4 Å². The Hall–Kier alpha value is -2.04. The van der Waals surface area contributed by atoms with Crippen LogP contribution in [0, 0.1) is 0 Å². The maximum Gasteiger partial charge on any atom is 0.253 e. The highest BCUT2D eigenvalue weighted by molar-refractivity contribution is 5.95. The molecule has 0 spiro atoms. The summed E-state index contributed by atoms with van der Waals surface area (Å²) >= 11 is 0. The van der Waals surface area contributed by atoms with Gasteiger partial charge in [0.2, 0.25) is 0 Å². The molecule has 4 nitrogen and oxygen atoms in total. The number of rotatable bonds is 5. The fourth-order valence-electron chi connectivity index (χ4n) is 3.07. The molecular weight excluding hydrogens is 336 g/mol. The lowest BCUT2D eigenvalue weighted by molar-refractivity contribution is 0.0100. The van der Waals surface area contributed by atoms with E-state index in [1.54, 1.807) is 12.1 Å². The highest BCUT2D eigenvalue weighted by Crippen LogP contribution is 2.18. The Balaban J connectivity index is 0.00000225. The smallest absolute Gasteiger partial charge is 0.253 e. The zero-order chi connectivity index (χ0) is 16.8. The van der Waals surface area contributed by atoms with Crippen LogP contribution in [-0.4, -0.2) is 36.6 Å². The molecule has 1 amide bonds. The zero-order valence-electron chi connectivity index (χ0n) is 14.3. The Morgan fingerprint density at radius 1 is 1.08 bits per heavy atom. The number of carbonyl (C=O) groups excluding carboxylic acids is 1. The van der Waals surface area contributed by atoms with Crippen LogP contribution < -0.4 is 5.73 Å². The first-order chi connectivity index (χ1) is 11.7. The van der Waals surface area contributed by atoms with Crippen LogP contribution in [-0.2, 0) is 11.2 Å². The molecule has 1 saturated heterocycles. The molecule has 0 unspecified atom stereocenters. The van der Waals surface area contributed by atoms with Gasteiger partial charge in [0.15, 0.2) is 0 Å². The van der Waals surface area contributed by atoms with Gasteiger partial charge in [0.05, 0.1) is 12.7 Å². The van der Waals surface area contributed by atoms with Crippen molar-refractivity contribution in [1.82, 2.24) is 4.90 Å². The highest BCUT2D eigenvalue weighted by Gasteiger charge is 2.24. The maximum absolute atomic E-state index is 12.5. The summed E-state index contributed by atoms with van der Waals surface area (Å²) in [5.74, 6) is 0.0602. The normalized spacial score (nSPS) is 14.8. The van der Waals surface area contributed by atoms with Crippen molar-refractivity contribution in [2.45, 2.75) is 25.4 Å². The molecule has 2 aromatic rings. The molecule has 0 radical (unpaired) electrons. The third kappa shape index (κ3) is 5.48. The molecule has 1 fully saturated rings. The molecular formula is C20H25ClN2O2. The number of nitrogen functional groups attached to an aromatic ring is 1. The summed E-state index contributed by atoms with van der Waals surface area (Å²) in [5, 5.41) is 0. The van der Waals surface area contributed by atoms with E-state index >= 15 is 0 Å². The van der Waals surface area contributed by atoms with E-state index in [0.29, 0.717) is 11.3 Å². The molecule has 0 aliphatic carbocycles. The van der Waals surface area contributed by atoms with Gasteiger partial charge < -0.3 is 15.4 Å². The van der Waals surface area contributed by atoms with Crippen LogP contribution in [0.4, 0.5) is 5.69 Å². The topological polar surface area (TPSA) is 55.6 Å². The van der Waals surface area contributed by atoms with Gasteiger partial charge in [-0.25, -0.2) is 0 Å². The Labute approximate surface area is 155 Å². The number of amides is 1. The van der Waals surface area contributed by atoms with Crippen molar-refractivity contribution in [3.8, 4) is 0 Å². The Morgan fingerprint density at radius 2 is 1.80 bits per heavy atom. The van der Waals surface area contributed by atoms with Crippen LogP contribution >= 0.6 is 12.4 Å². The van der Waals surface area contributed by atoms with Crippen molar-refractivity contribution in [2.24, 2.45) is 0 Å². The van der Waals surface area contributed by atoms with Crippen molar-refractivity contribution in [3.63, 3.8) is 0 Å². The fourth-order valence-corrected chi connectivity index (χ4v) is 3.07. The van der Waals surface area contributed by atoms with Crippen LogP contribution in [0.15, 0.2) is 54.6 Å². The van der Waals surface area contributed by atoms with E-state index < -0.39 is 0 Å². The molecule has 1 aliphatic rings. The number of piperidine rings is 1. The number of hydrogen-bond acceptors (Lipinski definition) is 3. The third-order valence-corrected chi connectivity index (χ3v) is 4.45. The van der Waals surface area contributed by atoms with Crippen LogP contribution in [0.3, 0.4) is 0 Å². The summed E-state index contributed by atoms with van der Waals surface area (Å²) in [7, 11) is 0. The van der Waals surface area contributed by atoms with E-state index in [0.717, 1.165) is 39.0 Å². The summed E-state index contributed by atoms with van der Waals surface area (Å²) < 4.78 is 5.98. The van der Waals surface area contributed by atoms with E-state index in [1.807, 2.05) is 23.1 Å². The minimum Gasteiger partial charge on any atom is -0.399 e. The number of nitrogens with zero attached hydrogens (tertiary/aromatic N) is 1. The van der Waals surface area contributed by atoms with Gasteiger partial charge in [0, 0.05) is 24.3 Å². The second kappa shape index (κ2) is 9.44. The van der Waals surface area contributed by atoms with Gasteiger partial charge in [-0.3, -0.25) is 4.79 Å². The average molecular weight is 361 g/mol. The molecule has 0 saturated carbocycles. The summed E-state index contributed by atoms with van der Waals surface area (Å²) in [5.41, 5.74) is 8.35. The molecule has 5 heteroatoms. The van der Waals surface area contributed by atoms with E-state index in [1.165, 1.54) is 5.56 Å². The van der Waals surface area contributed by atoms with Crippen molar-refractivity contribution in [1.29, 1.82) is 0 Å². The highest BCUT2D eigenvalue weighted by atomic mass is 35.5. The molecule has 3 rings (SSSR count). The predicted molar refractivity (Wildman–Crippen MR) is 103 cm³/mol. The quantitative estimate of drug-likeness (QED) is 0.829. The largest absolute Gasteiger partial charge is 0.399 e. The van der Waals surface area contributed by atoms with Gasteiger partial charge in [0.1, 0.15) is 0 Å². The van der Waals surface area contributed by atoms with E-state index in [2.05, 4.69) is 24.3 Å². The monoisotopic (exact) mass is 360 g/mol. The number of hydrogen-bond donors (Lipinski definition) is 1. The molecule has 0 bridgehead atoms. The molecule has 1 aliphatic heterocycles.